The van der Waals surface area contributed by atoms with Crippen molar-refractivity contribution in [1.82, 2.24) is 20.2 Å². The largest absolute Gasteiger partial charge is 0.399 e. The Hall–Kier alpha value is -2.93. The number of nitrogens with zero attached hydrogens (tertiary/aromatic N) is 4. The molecule has 3 aromatic rings. The van der Waals surface area contributed by atoms with E-state index in [2.05, 4.69) is 20.8 Å². The van der Waals surface area contributed by atoms with Gasteiger partial charge in [0, 0.05) is 23.4 Å². The second-order valence-corrected chi connectivity index (χ2v) is 6.51. The van der Waals surface area contributed by atoms with E-state index < -0.39 is 0 Å². The highest BCUT2D eigenvalue weighted by atomic mass is 35.5. The monoisotopic (exact) mass is 384 g/mol. The molecular formula is C19H21ClN6O. The summed E-state index contributed by atoms with van der Waals surface area (Å²) in [5, 5.41) is 14.9. The van der Waals surface area contributed by atoms with E-state index in [0.717, 1.165) is 35.5 Å². The topological polar surface area (TPSA) is 98.7 Å². The summed E-state index contributed by atoms with van der Waals surface area (Å²) in [6.07, 6.45) is 3.20. The summed E-state index contributed by atoms with van der Waals surface area (Å²) in [5.74, 6) is 0.688. The van der Waals surface area contributed by atoms with Crippen LogP contribution in [-0.2, 0) is 11.2 Å². The number of rotatable bonds is 6. The molecule has 27 heavy (non-hydrogen) atoms. The van der Waals surface area contributed by atoms with Crippen LogP contribution in [0.15, 0.2) is 48.5 Å². The van der Waals surface area contributed by atoms with Crippen molar-refractivity contribution in [3.63, 3.8) is 0 Å². The maximum atomic E-state index is 12.3. The number of para-hydroxylation sites is 1. The van der Waals surface area contributed by atoms with E-state index in [4.69, 9.17) is 5.73 Å². The van der Waals surface area contributed by atoms with E-state index in [1.54, 1.807) is 0 Å². The Kier molecular flexibility index (Phi) is 5.71. The molecule has 1 aromatic heterocycles. The molecule has 0 aliphatic heterocycles. The molecule has 140 valence electrons. The number of carbonyl (C=O) groups excluding carboxylic acids is 1. The van der Waals surface area contributed by atoms with Crippen LogP contribution >= 0.6 is 12.4 Å². The van der Waals surface area contributed by atoms with Crippen molar-refractivity contribution < 1.29 is 4.79 Å². The first-order valence-corrected chi connectivity index (χ1v) is 8.72. The van der Waals surface area contributed by atoms with Crippen molar-refractivity contribution in [1.29, 1.82) is 0 Å². The molecule has 1 amide bonds. The van der Waals surface area contributed by atoms with Crippen LogP contribution in [0.1, 0.15) is 30.9 Å². The van der Waals surface area contributed by atoms with Gasteiger partial charge in [0.25, 0.3) is 0 Å². The molecule has 0 radical (unpaired) electrons. The highest BCUT2D eigenvalue weighted by Gasteiger charge is 2.28. The molecule has 1 heterocycles. The van der Waals surface area contributed by atoms with Gasteiger partial charge in [-0.2, -0.15) is 0 Å². The Balaban J connectivity index is 0.00000210. The molecular weight excluding hydrogens is 364 g/mol. The Morgan fingerprint density at radius 2 is 2.00 bits per heavy atom. The third-order valence-corrected chi connectivity index (χ3v) is 4.47. The van der Waals surface area contributed by atoms with E-state index >= 15 is 0 Å². The van der Waals surface area contributed by atoms with Crippen molar-refractivity contribution in [2.45, 2.75) is 31.7 Å². The van der Waals surface area contributed by atoms with Crippen molar-refractivity contribution >= 4 is 29.7 Å². The van der Waals surface area contributed by atoms with Gasteiger partial charge in [-0.05, 0) is 53.5 Å². The predicted molar refractivity (Wildman–Crippen MR) is 107 cm³/mol. The predicted octanol–water partition coefficient (Wildman–Crippen LogP) is 3.25. The molecule has 4 rings (SSSR count). The number of halogens is 1. The summed E-state index contributed by atoms with van der Waals surface area (Å²) in [5.41, 5.74) is 9.26. The number of anilines is 2. The lowest BCUT2D eigenvalue weighted by atomic mass is 10.1. The van der Waals surface area contributed by atoms with E-state index in [0.29, 0.717) is 24.6 Å². The molecule has 2 aromatic carbocycles. The molecule has 0 spiro atoms. The molecule has 0 saturated heterocycles. The van der Waals surface area contributed by atoms with Gasteiger partial charge in [0.15, 0.2) is 5.82 Å². The molecule has 1 aliphatic rings. The Morgan fingerprint density at radius 1 is 1.19 bits per heavy atom. The fraction of sp³-hybridized carbons (Fsp3) is 0.263. The molecule has 1 saturated carbocycles. The van der Waals surface area contributed by atoms with Gasteiger partial charge in [0.2, 0.25) is 5.91 Å². The number of nitrogen functional groups attached to an aromatic ring is 1. The standard InChI is InChI=1S/C19H20N6O.ClH/c20-17-7-2-1-4-13(17)8-11-18(26)21-15-6-3-5-14(12-15)19-22-23-24-25(19)16-9-10-16;/h1-7,12,16H,8-11,20H2,(H,21,26);1H. The minimum Gasteiger partial charge on any atom is -0.399 e. The van der Waals surface area contributed by atoms with Crippen LogP contribution < -0.4 is 11.1 Å². The fourth-order valence-corrected chi connectivity index (χ4v) is 2.92. The first-order chi connectivity index (χ1) is 12.7. The van der Waals surface area contributed by atoms with Gasteiger partial charge >= 0.3 is 0 Å². The average molecular weight is 385 g/mol. The number of nitrogens with two attached hydrogens (primary N) is 1. The van der Waals surface area contributed by atoms with Crippen LogP contribution in [-0.4, -0.2) is 26.1 Å². The first-order valence-electron chi connectivity index (χ1n) is 8.72. The van der Waals surface area contributed by atoms with Gasteiger partial charge in [-0.3, -0.25) is 4.79 Å². The van der Waals surface area contributed by atoms with Crippen molar-refractivity contribution in [3.05, 3.63) is 54.1 Å². The summed E-state index contributed by atoms with van der Waals surface area (Å²) in [7, 11) is 0. The number of aryl methyl sites for hydroxylation is 1. The van der Waals surface area contributed by atoms with Crippen LogP contribution in [0.4, 0.5) is 11.4 Å². The smallest absolute Gasteiger partial charge is 0.224 e. The van der Waals surface area contributed by atoms with Gasteiger partial charge in [-0.15, -0.1) is 17.5 Å². The van der Waals surface area contributed by atoms with Gasteiger partial charge in [0.05, 0.1) is 6.04 Å². The quantitative estimate of drug-likeness (QED) is 0.635. The fourth-order valence-electron chi connectivity index (χ4n) is 2.92. The number of tetrazole rings is 1. The normalized spacial score (nSPS) is 13.0. The van der Waals surface area contributed by atoms with Gasteiger partial charge in [-0.25, -0.2) is 4.68 Å². The molecule has 1 aliphatic carbocycles. The van der Waals surface area contributed by atoms with Crippen LogP contribution in [0, 0.1) is 0 Å². The van der Waals surface area contributed by atoms with Crippen molar-refractivity contribution in [3.8, 4) is 11.4 Å². The lowest BCUT2D eigenvalue weighted by Gasteiger charge is -2.08. The number of nitrogens with one attached hydrogen (secondary N) is 1. The van der Waals surface area contributed by atoms with Crippen LogP contribution in [0.3, 0.4) is 0 Å². The maximum Gasteiger partial charge on any atom is 0.224 e. The molecule has 0 bridgehead atoms. The number of hydrogen-bond acceptors (Lipinski definition) is 5. The third-order valence-electron chi connectivity index (χ3n) is 4.47. The minimum atomic E-state index is -0.0489. The second kappa shape index (κ2) is 8.18. The van der Waals surface area contributed by atoms with Gasteiger partial charge in [-0.1, -0.05) is 30.3 Å². The molecule has 3 N–H and O–H groups in total. The van der Waals surface area contributed by atoms with E-state index in [1.165, 1.54) is 0 Å². The zero-order valence-corrected chi connectivity index (χ0v) is 15.5. The summed E-state index contributed by atoms with van der Waals surface area (Å²) in [4.78, 5) is 12.3. The summed E-state index contributed by atoms with van der Waals surface area (Å²) in [6, 6.07) is 15.6. The number of carbonyl (C=O) groups is 1. The van der Waals surface area contributed by atoms with Crippen molar-refractivity contribution in [2.24, 2.45) is 0 Å². The van der Waals surface area contributed by atoms with Gasteiger partial charge in [0.1, 0.15) is 0 Å². The van der Waals surface area contributed by atoms with E-state index in [1.807, 2.05) is 53.2 Å². The number of benzene rings is 2. The molecule has 0 unspecified atom stereocenters. The highest BCUT2D eigenvalue weighted by Crippen LogP contribution is 2.36. The van der Waals surface area contributed by atoms with E-state index in [9.17, 15) is 4.79 Å². The Bertz CT molecular complexity index is 937. The average Bonchev–Trinajstić information content (AvgIpc) is 3.38. The SMILES string of the molecule is Cl.Nc1ccccc1CCC(=O)Nc1cccc(-c2nnnn2C2CC2)c1. The molecule has 7 nitrogen and oxygen atoms in total. The zero-order valence-electron chi connectivity index (χ0n) is 14.7. The summed E-state index contributed by atoms with van der Waals surface area (Å²) < 4.78 is 1.86. The van der Waals surface area contributed by atoms with Crippen LogP contribution in [0.2, 0.25) is 0 Å². The maximum absolute atomic E-state index is 12.3. The van der Waals surface area contributed by atoms with Gasteiger partial charge < -0.3 is 11.1 Å². The molecule has 0 atom stereocenters. The van der Waals surface area contributed by atoms with E-state index in [-0.39, 0.29) is 18.3 Å². The van der Waals surface area contributed by atoms with Crippen LogP contribution in [0.25, 0.3) is 11.4 Å². The molecule has 8 heteroatoms. The lowest BCUT2D eigenvalue weighted by molar-refractivity contribution is -0.116. The third kappa shape index (κ3) is 4.43. The molecule has 1 fully saturated rings. The number of aromatic nitrogens is 4. The number of amides is 1. The Labute approximate surface area is 163 Å². The second-order valence-electron chi connectivity index (χ2n) is 6.51. The Morgan fingerprint density at radius 3 is 2.78 bits per heavy atom. The summed E-state index contributed by atoms with van der Waals surface area (Å²) >= 11 is 0. The lowest BCUT2D eigenvalue weighted by Crippen LogP contribution is -2.13. The summed E-state index contributed by atoms with van der Waals surface area (Å²) in [6.45, 7) is 0. The minimum absolute atomic E-state index is 0. The van der Waals surface area contributed by atoms with Crippen molar-refractivity contribution in [2.75, 3.05) is 11.1 Å². The highest BCUT2D eigenvalue weighted by molar-refractivity contribution is 5.91. The number of hydrogen-bond donors (Lipinski definition) is 2. The van der Waals surface area contributed by atoms with Crippen LogP contribution in [0.5, 0.6) is 0 Å². The first kappa shape index (κ1) is 18.8. The zero-order chi connectivity index (χ0) is 17.9.